The molecule has 0 saturated carbocycles. The number of pyridine rings is 1. The second-order valence-corrected chi connectivity index (χ2v) is 9.44. The Bertz CT molecular complexity index is 1240. The highest BCUT2D eigenvalue weighted by Gasteiger charge is 2.24. The van der Waals surface area contributed by atoms with E-state index in [1.54, 1.807) is 16.8 Å². The topological polar surface area (TPSA) is 92.0 Å². The van der Waals surface area contributed by atoms with Crippen LogP contribution in [0.3, 0.4) is 0 Å². The Morgan fingerprint density at radius 1 is 1.12 bits per heavy atom. The van der Waals surface area contributed by atoms with E-state index in [0.29, 0.717) is 23.8 Å². The Kier molecular flexibility index (Phi) is 7.04. The lowest BCUT2D eigenvalue weighted by Gasteiger charge is -2.28. The summed E-state index contributed by atoms with van der Waals surface area (Å²) in [4.78, 5) is 18.5. The number of aliphatic hydroxyl groups excluding tert-OH is 1. The number of benzene rings is 1. The average Bonchev–Trinajstić information content (AvgIpc) is 3.28. The molecular formula is C25H31N7OS. The van der Waals surface area contributed by atoms with E-state index in [0.717, 1.165) is 28.9 Å². The van der Waals surface area contributed by atoms with Crippen LogP contribution in [-0.2, 0) is 6.54 Å². The number of nitrogens with zero attached hydrogens (tertiary/aromatic N) is 6. The molecule has 34 heavy (non-hydrogen) atoms. The highest BCUT2D eigenvalue weighted by atomic mass is 32.1. The lowest BCUT2D eigenvalue weighted by molar-refractivity contribution is 0.218. The molecule has 1 atom stereocenters. The van der Waals surface area contributed by atoms with Gasteiger partial charge in [-0.25, -0.2) is 4.98 Å². The van der Waals surface area contributed by atoms with Crippen molar-refractivity contribution >= 4 is 35.7 Å². The molecule has 4 aromatic rings. The summed E-state index contributed by atoms with van der Waals surface area (Å²) in [7, 11) is 0. The number of anilines is 2. The van der Waals surface area contributed by atoms with Gasteiger partial charge in [-0.15, -0.1) is 0 Å². The van der Waals surface area contributed by atoms with Crippen molar-refractivity contribution in [3.8, 4) is 11.3 Å². The molecule has 0 amide bonds. The zero-order valence-electron chi connectivity index (χ0n) is 20.0. The summed E-state index contributed by atoms with van der Waals surface area (Å²) in [6.45, 7) is 8.62. The molecule has 2 N–H and O–H groups in total. The first-order valence-corrected chi connectivity index (χ1v) is 11.8. The molecule has 0 unspecified atom stereocenters. The van der Waals surface area contributed by atoms with E-state index >= 15 is 0 Å². The van der Waals surface area contributed by atoms with Crippen molar-refractivity contribution in [3.63, 3.8) is 0 Å². The number of aliphatic hydroxyl groups is 1. The Morgan fingerprint density at radius 2 is 1.88 bits per heavy atom. The molecular weight excluding hydrogens is 446 g/mol. The minimum atomic E-state index is -0.531. The van der Waals surface area contributed by atoms with Crippen molar-refractivity contribution < 1.29 is 5.11 Å². The molecule has 3 aromatic heterocycles. The van der Waals surface area contributed by atoms with Gasteiger partial charge in [0.05, 0.1) is 30.7 Å². The van der Waals surface area contributed by atoms with Gasteiger partial charge in [-0.05, 0) is 44.9 Å². The predicted molar refractivity (Wildman–Crippen MR) is 140 cm³/mol. The maximum absolute atomic E-state index is 9.88. The third kappa shape index (κ3) is 5.00. The summed E-state index contributed by atoms with van der Waals surface area (Å²) in [5.41, 5.74) is 3.95. The normalized spacial score (nSPS) is 13.3. The van der Waals surface area contributed by atoms with E-state index in [-0.39, 0.29) is 12.6 Å². The maximum atomic E-state index is 9.88. The number of rotatable bonds is 9. The zero-order chi connectivity index (χ0) is 24.3. The lowest BCUT2D eigenvalue weighted by atomic mass is 10.0. The third-order valence-corrected chi connectivity index (χ3v) is 6.32. The molecule has 0 spiro atoms. The van der Waals surface area contributed by atoms with Crippen molar-refractivity contribution in [2.75, 3.05) is 16.2 Å². The largest absolute Gasteiger partial charge is 0.394 e. The molecule has 0 radical (unpaired) electrons. The van der Waals surface area contributed by atoms with E-state index in [2.05, 4.69) is 53.4 Å². The molecule has 0 aliphatic heterocycles. The molecule has 4 rings (SSSR count). The van der Waals surface area contributed by atoms with Crippen molar-refractivity contribution in [1.82, 2.24) is 24.5 Å². The SMILES string of the molecule is CC[C@](C)(CO)Nc1nc(N(S)Cc2ccc(-c3ccccn3)cc2)c2ncn(C(C)C)c2n1. The molecule has 178 valence electrons. The monoisotopic (exact) mass is 477 g/mol. The van der Waals surface area contributed by atoms with Crippen LogP contribution >= 0.6 is 12.8 Å². The molecule has 3 heterocycles. The summed E-state index contributed by atoms with van der Waals surface area (Å²) >= 11 is 4.77. The summed E-state index contributed by atoms with van der Waals surface area (Å²) in [6, 6.07) is 14.3. The molecule has 0 aliphatic rings. The van der Waals surface area contributed by atoms with Gasteiger partial charge in [0.15, 0.2) is 17.0 Å². The van der Waals surface area contributed by atoms with E-state index in [9.17, 15) is 5.11 Å². The highest BCUT2D eigenvalue weighted by Crippen LogP contribution is 2.30. The Labute approximate surface area is 205 Å². The second-order valence-electron chi connectivity index (χ2n) is 8.96. The van der Waals surface area contributed by atoms with Gasteiger partial charge in [-0.1, -0.05) is 50.1 Å². The Hall–Kier alpha value is -3.17. The van der Waals surface area contributed by atoms with Gasteiger partial charge in [-0.2, -0.15) is 9.97 Å². The first-order valence-electron chi connectivity index (χ1n) is 11.4. The number of hydrogen-bond acceptors (Lipinski definition) is 8. The fourth-order valence-electron chi connectivity index (χ4n) is 3.59. The van der Waals surface area contributed by atoms with Crippen LogP contribution in [0.5, 0.6) is 0 Å². The summed E-state index contributed by atoms with van der Waals surface area (Å²) < 4.78 is 3.79. The van der Waals surface area contributed by atoms with E-state index in [1.807, 2.05) is 36.6 Å². The molecule has 0 bridgehead atoms. The van der Waals surface area contributed by atoms with Gasteiger partial charge < -0.3 is 15.0 Å². The first-order chi connectivity index (χ1) is 16.3. The zero-order valence-corrected chi connectivity index (χ0v) is 20.9. The second kappa shape index (κ2) is 9.99. The van der Waals surface area contributed by atoms with Crippen LogP contribution in [0.25, 0.3) is 22.4 Å². The van der Waals surface area contributed by atoms with Gasteiger partial charge in [0.25, 0.3) is 0 Å². The number of imidazole rings is 1. The first kappa shape index (κ1) is 24.0. The molecule has 9 heteroatoms. The van der Waals surface area contributed by atoms with Crippen molar-refractivity contribution in [1.29, 1.82) is 0 Å². The van der Waals surface area contributed by atoms with Crippen LogP contribution in [-0.4, -0.2) is 41.8 Å². The van der Waals surface area contributed by atoms with Crippen LogP contribution in [0, 0.1) is 0 Å². The van der Waals surface area contributed by atoms with Gasteiger partial charge >= 0.3 is 0 Å². The van der Waals surface area contributed by atoms with Crippen molar-refractivity contribution in [3.05, 3.63) is 60.6 Å². The summed E-state index contributed by atoms with van der Waals surface area (Å²) in [5, 5.41) is 13.2. The fraction of sp³-hybridized carbons (Fsp3) is 0.360. The maximum Gasteiger partial charge on any atom is 0.227 e. The van der Waals surface area contributed by atoms with Crippen LogP contribution in [0.1, 0.15) is 45.7 Å². The van der Waals surface area contributed by atoms with E-state index in [4.69, 9.17) is 22.8 Å². The van der Waals surface area contributed by atoms with Gasteiger partial charge in [0, 0.05) is 17.8 Å². The average molecular weight is 478 g/mol. The summed E-state index contributed by atoms with van der Waals surface area (Å²) in [6.07, 6.45) is 4.30. The summed E-state index contributed by atoms with van der Waals surface area (Å²) in [5.74, 6) is 1.05. The van der Waals surface area contributed by atoms with Crippen LogP contribution in [0.2, 0.25) is 0 Å². The number of nitrogens with one attached hydrogen (secondary N) is 1. The molecule has 8 nitrogen and oxygen atoms in total. The predicted octanol–water partition coefficient (Wildman–Crippen LogP) is 4.89. The minimum Gasteiger partial charge on any atom is -0.394 e. The van der Waals surface area contributed by atoms with Crippen LogP contribution in [0.4, 0.5) is 11.8 Å². The quantitative estimate of drug-likeness (QED) is 0.296. The van der Waals surface area contributed by atoms with Crippen LogP contribution < -0.4 is 9.62 Å². The smallest absolute Gasteiger partial charge is 0.227 e. The molecule has 0 saturated heterocycles. The number of thiol groups is 1. The Balaban J connectivity index is 1.66. The fourth-order valence-corrected chi connectivity index (χ4v) is 3.89. The number of fused-ring (bicyclic) bond motifs is 1. The molecule has 1 aromatic carbocycles. The van der Waals surface area contributed by atoms with E-state index in [1.165, 1.54) is 0 Å². The number of aromatic nitrogens is 5. The molecule has 0 fully saturated rings. The lowest BCUT2D eigenvalue weighted by Crippen LogP contribution is -2.38. The van der Waals surface area contributed by atoms with Gasteiger partial charge in [-0.3, -0.25) is 9.29 Å². The Morgan fingerprint density at radius 3 is 2.50 bits per heavy atom. The van der Waals surface area contributed by atoms with Crippen molar-refractivity contribution in [2.45, 2.75) is 52.2 Å². The van der Waals surface area contributed by atoms with Crippen LogP contribution in [0.15, 0.2) is 55.0 Å². The minimum absolute atomic E-state index is 0.0309. The third-order valence-electron chi connectivity index (χ3n) is 5.99. The van der Waals surface area contributed by atoms with E-state index < -0.39 is 5.54 Å². The standard InChI is InChI=1S/C25H31N7OS/c1-5-25(4,15-33)30-24-28-22-21(27-16-31(22)17(2)3)23(29-24)32(34)14-18-9-11-19(12-10-18)20-8-6-7-13-26-20/h6-13,16-17,33-34H,5,14-15H2,1-4H3,(H,28,29,30)/t25-/m1/s1. The molecule has 0 aliphatic carbocycles. The number of hydrogen-bond donors (Lipinski definition) is 3. The van der Waals surface area contributed by atoms with Gasteiger partial charge in [0.2, 0.25) is 5.95 Å². The van der Waals surface area contributed by atoms with Gasteiger partial charge in [0.1, 0.15) is 0 Å². The van der Waals surface area contributed by atoms with Crippen molar-refractivity contribution in [2.24, 2.45) is 0 Å². The highest BCUT2D eigenvalue weighted by molar-refractivity contribution is 7.81.